The molecule has 21 heavy (non-hydrogen) atoms. The number of aryl methyl sites for hydroxylation is 1. The first-order valence-corrected chi connectivity index (χ1v) is 6.72. The van der Waals surface area contributed by atoms with Crippen molar-refractivity contribution in [3.63, 3.8) is 0 Å². The second-order valence-corrected chi connectivity index (χ2v) is 6.00. The Morgan fingerprint density at radius 1 is 1.24 bits per heavy atom. The van der Waals surface area contributed by atoms with Crippen molar-refractivity contribution in [2.24, 2.45) is 7.05 Å². The van der Waals surface area contributed by atoms with Crippen LogP contribution in [0, 0.1) is 0 Å². The van der Waals surface area contributed by atoms with Gasteiger partial charge < -0.3 is 9.88 Å². The summed E-state index contributed by atoms with van der Waals surface area (Å²) < 4.78 is 1.73. The monoisotopic (exact) mass is 285 g/mol. The first kappa shape index (κ1) is 15.0. The molecule has 2 aromatic heterocycles. The molecular formula is C16H19N3O2. The van der Waals surface area contributed by atoms with Crippen LogP contribution in [0.5, 0.6) is 0 Å². The molecule has 0 aromatic carbocycles. The van der Waals surface area contributed by atoms with Gasteiger partial charge in [0.1, 0.15) is 11.4 Å². The summed E-state index contributed by atoms with van der Waals surface area (Å²) in [5.41, 5.74) is 0.166. The highest BCUT2D eigenvalue weighted by Crippen LogP contribution is 2.18. The van der Waals surface area contributed by atoms with E-state index in [0.29, 0.717) is 11.4 Å². The van der Waals surface area contributed by atoms with Crippen LogP contribution >= 0.6 is 0 Å². The molecule has 110 valence electrons. The fourth-order valence-corrected chi connectivity index (χ4v) is 2.02. The molecule has 0 aliphatic carbocycles. The van der Waals surface area contributed by atoms with E-state index in [9.17, 15) is 9.59 Å². The Morgan fingerprint density at radius 3 is 2.52 bits per heavy atom. The van der Waals surface area contributed by atoms with Crippen LogP contribution in [0.4, 0.5) is 5.82 Å². The van der Waals surface area contributed by atoms with Gasteiger partial charge in [0.2, 0.25) is 0 Å². The number of carbonyl (C=O) groups excluding carboxylic acids is 1. The van der Waals surface area contributed by atoms with Crippen LogP contribution in [0.15, 0.2) is 41.6 Å². The molecule has 1 N–H and O–H groups in total. The van der Waals surface area contributed by atoms with E-state index >= 15 is 0 Å². The lowest BCUT2D eigenvalue weighted by Crippen LogP contribution is -2.30. The van der Waals surface area contributed by atoms with Gasteiger partial charge in [-0.05, 0) is 17.5 Å². The van der Waals surface area contributed by atoms with E-state index < -0.39 is 5.91 Å². The normalized spacial score (nSPS) is 11.2. The van der Waals surface area contributed by atoms with Crippen LogP contribution in [-0.2, 0) is 12.5 Å². The second-order valence-electron chi connectivity index (χ2n) is 6.00. The Balaban J connectivity index is 2.43. The minimum absolute atomic E-state index is 0.121. The molecule has 5 heteroatoms. The average Bonchev–Trinajstić information content (AvgIpc) is 2.40. The van der Waals surface area contributed by atoms with Crippen LogP contribution < -0.4 is 10.7 Å². The first-order valence-electron chi connectivity index (χ1n) is 6.72. The molecule has 2 rings (SSSR count). The number of nitrogens with one attached hydrogen (secondary N) is 1. The summed E-state index contributed by atoms with van der Waals surface area (Å²) >= 11 is 0. The smallest absolute Gasteiger partial charge is 0.262 e. The van der Waals surface area contributed by atoms with E-state index in [-0.39, 0.29) is 16.4 Å². The lowest BCUT2D eigenvalue weighted by Gasteiger charge is -2.19. The molecule has 0 radical (unpaired) electrons. The van der Waals surface area contributed by atoms with E-state index in [1.165, 1.54) is 6.20 Å². The highest BCUT2D eigenvalue weighted by molar-refractivity contribution is 6.03. The van der Waals surface area contributed by atoms with Crippen molar-refractivity contribution in [1.82, 2.24) is 9.55 Å². The fraction of sp³-hybridized carbons (Fsp3) is 0.312. The van der Waals surface area contributed by atoms with Crippen LogP contribution in [0.3, 0.4) is 0 Å². The largest absolute Gasteiger partial charge is 0.356 e. The van der Waals surface area contributed by atoms with Crippen molar-refractivity contribution in [2.75, 3.05) is 5.32 Å². The van der Waals surface area contributed by atoms with Gasteiger partial charge >= 0.3 is 0 Å². The van der Waals surface area contributed by atoms with Gasteiger partial charge in [-0.3, -0.25) is 9.59 Å². The Labute approximate surface area is 123 Å². The number of hydrogen-bond donors (Lipinski definition) is 1. The van der Waals surface area contributed by atoms with Gasteiger partial charge in [0.15, 0.2) is 5.43 Å². The molecular weight excluding hydrogens is 266 g/mol. The molecule has 0 spiro atoms. The Bertz CT molecular complexity index is 713. The van der Waals surface area contributed by atoms with Crippen molar-refractivity contribution < 1.29 is 4.79 Å². The van der Waals surface area contributed by atoms with E-state index in [4.69, 9.17) is 0 Å². The third kappa shape index (κ3) is 3.37. The number of amides is 1. The maximum absolute atomic E-state index is 12.5. The number of nitrogens with zero attached hydrogens (tertiary/aromatic N) is 2. The van der Waals surface area contributed by atoms with Gasteiger partial charge in [-0.1, -0.05) is 26.8 Å². The zero-order valence-electron chi connectivity index (χ0n) is 12.7. The number of carbonyl (C=O) groups is 1. The summed E-state index contributed by atoms with van der Waals surface area (Å²) in [5, 5.41) is 2.64. The summed E-state index contributed by atoms with van der Waals surface area (Å²) in [5.74, 6) is -0.0221. The SMILES string of the molecule is Cn1cc(C(=O)Nc2ccccn2)c(=O)c(C(C)(C)C)c1. The van der Waals surface area contributed by atoms with Crippen LogP contribution in [0.2, 0.25) is 0 Å². The molecule has 0 fully saturated rings. The second kappa shape index (κ2) is 5.52. The zero-order chi connectivity index (χ0) is 15.6. The summed E-state index contributed by atoms with van der Waals surface area (Å²) in [7, 11) is 1.80. The minimum Gasteiger partial charge on any atom is -0.356 e. The van der Waals surface area contributed by atoms with E-state index in [0.717, 1.165) is 0 Å². The van der Waals surface area contributed by atoms with Crippen molar-refractivity contribution in [3.8, 4) is 0 Å². The van der Waals surface area contributed by atoms with Gasteiger partial charge in [0.25, 0.3) is 5.91 Å². The molecule has 2 heterocycles. The first-order chi connectivity index (χ1) is 9.79. The zero-order valence-corrected chi connectivity index (χ0v) is 12.7. The number of hydrogen-bond acceptors (Lipinski definition) is 3. The van der Waals surface area contributed by atoms with Crippen LogP contribution in [0.1, 0.15) is 36.7 Å². The van der Waals surface area contributed by atoms with Crippen molar-refractivity contribution in [1.29, 1.82) is 0 Å². The maximum Gasteiger partial charge on any atom is 0.262 e. The van der Waals surface area contributed by atoms with Crippen molar-refractivity contribution in [3.05, 3.63) is 58.1 Å². The standard InChI is InChI=1S/C16H19N3O2/c1-16(2,3)12-10-19(4)9-11(14(12)20)15(21)18-13-7-5-6-8-17-13/h5-10H,1-4H3,(H,17,18,21). The Kier molecular flexibility index (Phi) is 3.93. The molecule has 0 saturated carbocycles. The van der Waals surface area contributed by atoms with Gasteiger partial charge in [0, 0.05) is 31.2 Å². The number of anilines is 1. The lowest BCUT2D eigenvalue weighted by atomic mass is 9.87. The van der Waals surface area contributed by atoms with Crippen LogP contribution in [0.25, 0.3) is 0 Å². The summed E-state index contributed by atoms with van der Waals surface area (Å²) in [6.45, 7) is 5.85. The highest BCUT2D eigenvalue weighted by atomic mass is 16.2. The van der Waals surface area contributed by atoms with E-state index in [2.05, 4.69) is 10.3 Å². The predicted octanol–water partition coefficient (Wildman–Crippen LogP) is 2.33. The minimum atomic E-state index is -0.444. The quantitative estimate of drug-likeness (QED) is 0.921. The molecule has 0 bridgehead atoms. The molecule has 2 aromatic rings. The molecule has 0 aliphatic rings. The average molecular weight is 285 g/mol. The van der Waals surface area contributed by atoms with Crippen molar-refractivity contribution >= 4 is 11.7 Å². The molecule has 0 atom stereocenters. The number of pyridine rings is 2. The van der Waals surface area contributed by atoms with Gasteiger partial charge in [-0.15, -0.1) is 0 Å². The molecule has 0 unspecified atom stereocenters. The summed E-state index contributed by atoms with van der Waals surface area (Å²) in [4.78, 5) is 28.8. The van der Waals surface area contributed by atoms with E-state index in [1.807, 2.05) is 20.8 Å². The Hall–Kier alpha value is -2.43. The van der Waals surface area contributed by atoms with Crippen LogP contribution in [-0.4, -0.2) is 15.5 Å². The number of rotatable bonds is 2. The molecule has 1 amide bonds. The van der Waals surface area contributed by atoms with Gasteiger partial charge in [-0.2, -0.15) is 0 Å². The topological polar surface area (TPSA) is 64.0 Å². The highest BCUT2D eigenvalue weighted by Gasteiger charge is 2.22. The van der Waals surface area contributed by atoms with Crippen molar-refractivity contribution in [2.45, 2.75) is 26.2 Å². The van der Waals surface area contributed by atoms with E-state index in [1.54, 1.807) is 42.2 Å². The van der Waals surface area contributed by atoms with Gasteiger partial charge in [0.05, 0.1) is 0 Å². The third-order valence-electron chi connectivity index (χ3n) is 3.11. The predicted molar refractivity (Wildman–Crippen MR) is 82.6 cm³/mol. The lowest BCUT2D eigenvalue weighted by molar-refractivity contribution is 0.102. The summed E-state index contributed by atoms with van der Waals surface area (Å²) in [6, 6.07) is 5.21. The fourth-order valence-electron chi connectivity index (χ4n) is 2.02. The molecule has 5 nitrogen and oxygen atoms in total. The third-order valence-corrected chi connectivity index (χ3v) is 3.11. The Morgan fingerprint density at radius 2 is 1.95 bits per heavy atom. The molecule has 0 aliphatic heterocycles. The maximum atomic E-state index is 12.5. The number of aromatic nitrogens is 2. The summed E-state index contributed by atoms with van der Waals surface area (Å²) in [6.07, 6.45) is 4.88. The molecule has 0 saturated heterocycles. The van der Waals surface area contributed by atoms with Gasteiger partial charge in [-0.25, -0.2) is 4.98 Å².